The van der Waals surface area contributed by atoms with Crippen molar-refractivity contribution >= 4 is 46.1 Å². The van der Waals surface area contributed by atoms with Gasteiger partial charge in [-0.1, -0.05) is 90.1 Å². The Morgan fingerprint density at radius 2 is 0.985 bits per heavy atom. The zero-order chi connectivity index (χ0) is 48.0. The van der Waals surface area contributed by atoms with Crippen LogP contribution in [0.1, 0.15) is 89.0 Å². The number of imidazole rings is 2. The fraction of sp³-hybridized carbons (Fsp3) is 0.444. The highest BCUT2D eigenvalue weighted by molar-refractivity contribution is 5.89. The minimum Gasteiger partial charge on any atom is -0.453 e. The van der Waals surface area contributed by atoms with E-state index in [2.05, 4.69) is 106 Å². The third kappa shape index (κ3) is 9.04. The number of nitrogens with zero attached hydrogens (tertiary/aromatic N) is 6. The molecule has 4 bridgehead atoms. The molecule has 0 unspecified atom stereocenters. The van der Waals surface area contributed by atoms with Crippen LogP contribution in [0.3, 0.4) is 0 Å². The molecule has 6 aromatic rings. The van der Waals surface area contributed by atoms with E-state index in [1.54, 1.807) is 0 Å². The van der Waals surface area contributed by atoms with Crippen LogP contribution >= 0.6 is 0 Å². The first-order valence-electron chi connectivity index (χ1n) is 24.2. The van der Waals surface area contributed by atoms with Gasteiger partial charge in [0.25, 0.3) is 0 Å². The minimum absolute atomic E-state index is 0.114. The molecule has 4 amide bonds. The molecule has 0 saturated carbocycles. The van der Waals surface area contributed by atoms with Gasteiger partial charge in [-0.2, -0.15) is 0 Å². The lowest BCUT2D eigenvalue weighted by molar-refractivity contribution is -0.137. The smallest absolute Gasteiger partial charge is 0.407 e. The van der Waals surface area contributed by atoms with Gasteiger partial charge in [0.05, 0.1) is 48.9 Å². The molecule has 4 aliphatic carbocycles. The summed E-state index contributed by atoms with van der Waals surface area (Å²) in [5.74, 6) is 0.101. The molecule has 2 aliphatic heterocycles. The number of carbonyl (C=O) groups is 4. The number of ether oxygens (including phenoxy) is 2. The third-order valence-corrected chi connectivity index (χ3v) is 14.4. The number of likely N-dealkylation sites (tertiary alicyclic amines) is 2. The van der Waals surface area contributed by atoms with Crippen LogP contribution in [0.4, 0.5) is 9.59 Å². The monoisotopic (exact) mass is 920 g/mol. The van der Waals surface area contributed by atoms with Crippen molar-refractivity contribution < 1.29 is 28.7 Å². The van der Waals surface area contributed by atoms with Gasteiger partial charge in [0.2, 0.25) is 11.8 Å². The van der Waals surface area contributed by atoms with Crippen molar-refractivity contribution in [3.05, 3.63) is 108 Å². The summed E-state index contributed by atoms with van der Waals surface area (Å²) in [5, 5.41) is 5.53. The quantitative estimate of drug-likeness (QED) is 0.138. The summed E-state index contributed by atoms with van der Waals surface area (Å²) < 4.78 is 13.9. The summed E-state index contributed by atoms with van der Waals surface area (Å²) in [6.07, 6.45) is 7.06. The second-order valence-electron chi connectivity index (χ2n) is 20.0. The first-order valence-corrected chi connectivity index (χ1v) is 24.2. The Hall–Kier alpha value is -6.70. The molecule has 0 radical (unpaired) electrons. The maximum Gasteiger partial charge on any atom is 0.407 e. The predicted octanol–water partition coefficient (Wildman–Crippen LogP) is 9.10. The molecule has 2 fully saturated rings. The number of aromatic nitrogens is 4. The Balaban J connectivity index is 0.953. The van der Waals surface area contributed by atoms with Crippen molar-refractivity contribution in [2.45, 2.75) is 104 Å². The van der Waals surface area contributed by atoms with Gasteiger partial charge in [-0.3, -0.25) is 9.59 Å². The second kappa shape index (κ2) is 19.1. The Morgan fingerprint density at radius 1 is 0.574 bits per heavy atom. The number of hydrogen-bond donors (Lipinski definition) is 2. The van der Waals surface area contributed by atoms with E-state index in [1.807, 2.05) is 50.1 Å². The summed E-state index contributed by atoms with van der Waals surface area (Å²) >= 11 is 0. The average molecular weight is 921 g/mol. The number of carbonyl (C=O) groups excluding carboxylic acids is 4. The predicted molar refractivity (Wildman–Crippen MR) is 263 cm³/mol. The number of aryl methyl sites for hydroxylation is 4. The highest BCUT2D eigenvalue weighted by atomic mass is 16.5. The molecule has 68 heavy (non-hydrogen) atoms. The fourth-order valence-electron chi connectivity index (χ4n) is 10.8. The lowest BCUT2D eigenvalue weighted by Gasteiger charge is -2.31. The van der Waals surface area contributed by atoms with Crippen molar-refractivity contribution in [2.24, 2.45) is 23.7 Å². The van der Waals surface area contributed by atoms with Crippen LogP contribution in [0.5, 0.6) is 0 Å². The van der Waals surface area contributed by atoms with E-state index in [-0.39, 0.29) is 47.8 Å². The van der Waals surface area contributed by atoms with Crippen LogP contribution in [0.15, 0.2) is 85.5 Å². The summed E-state index contributed by atoms with van der Waals surface area (Å²) in [7, 11) is 2.62. The summed E-state index contributed by atoms with van der Waals surface area (Å²) in [5.41, 5.74) is 13.4. The van der Waals surface area contributed by atoms with E-state index < -0.39 is 24.3 Å². The van der Waals surface area contributed by atoms with Crippen molar-refractivity contribution in [1.82, 2.24) is 39.5 Å². The van der Waals surface area contributed by atoms with E-state index >= 15 is 0 Å². The number of amides is 4. The largest absolute Gasteiger partial charge is 0.453 e. The van der Waals surface area contributed by atoms with Crippen molar-refractivity contribution in [3.8, 4) is 22.3 Å². The van der Waals surface area contributed by atoms with Gasteiger partial charge in [-0.25, -0.2) is 19.6 Å². The molecule has 14 heteroatoms. The number of nitrogens with one attached hydrogen (secondary N) is 2. The molecule has 2 aromatic heterocycles. The minimum atomic E-state index is -0.699. The summed E-state index contributed by atoms with van der Waals surface area (Å²) in [6.45, 7) is 13.2. The molecular weight excluding hydrogens is 857 g/mol. The van der Waals surface area contributed by atoms with E-state index in [0.717, 1.165) is 71.7 Å². The Kier molecular flexibility index (Phi) is 13.1. The lowest BCUT2D eigenvalue weighted by atomic mass is 9.87. The second-order valence-corrected chi connectivity index (χ2v) is 20.0. The molecule has 6 atom stereocenters. The number of alkyl carbamates (subject to hydrolysis) is 2. The molecule has 6 aliphatic rings. The fourth-order valence-corrected chi connectivity index (χ4v) is 10.8. The van der Waals surface area contributed by atoms with E-state index in [9.17, 15) is 19.2 Å². The third-order valence-electron chi connectivity index (χ3n) is 14.4. The number of fused-ring (bicyclic) bond motifs is 2. The van der Waals surface area contributed by atoms with Gasteiger partial charge in [-0.05, 0) is 131 Å². The molecular formula is C54H64N8O6. The molecule has 4 heterocycles. The van der Waals surface area contributed by atoms with Crippen LogP contribution in [0.2, 0.25) is 0 Å². The SMILES string of the molecule is COC(=O)N[C@H](C(=O)N1C[C@H](C)C[C@H]1n1cnc2cc(-c3cc4ccc3CCc3ccc(c(-c5ccc6c(c5)ncn6[C@@H]5C[C@@H](C)CN5C(=O)[C@@H](NC(=O)OC)C(C)C)c3)CC4)ccc21)C(C)C. The number of rotatable bonds is 10. The van der Waals surface area contributed by atoms with Crippen LogP contribution in [0, 0.1) is 23.7 Å². The van der Waals surface area contributed by atoms with E-state index in [0.29, 0.717) is 13.1 Å². The van der Waals surface area contributed by atoms with Crippen LogP contribution in [0.25, 0.3) is 44.3 Å². The first kappa shape index (κ1) is 46.4. The van der Waals surface area contributed by atoms with Crippen molar-refractivity contribution in [2.75, 3.05) is 27.3 Å². The normalized spacial score (nSPS) is 20.2. The number of benzene rings is 4. The van der Waals surface area contributed by atoms with Gasteiger partial charge in [0.1, 0.15) is 24.4 Å². The lowest BCUT2D eigenvalue weighted by Crippen LogP contribution is -2.51. The van der Waals surface area contributed by atoms with Crippen molar-refractivity contribution in [3.63, 3.8) is 0 Å². The van der Waals surface area contributed by atoms with Gasteiger partial charge in [-0.15, -0.1) is 0 Å². The maximum absolute atomic E-state index is 14.0. The van der Waals surface area contributed by atoms with Gasteiger partial charge >= 0.3 is 12.2 Å². The number of hydrogen-bond acceptors (Lipinski definition) is 8. The zero-order valence-corrected chi connectivity index (χ0v) is 40.5. The Labute approximate surface area is 398 Å². The highest BCUT2D eigenvalue weighted by Gasteiger charge is 2.41. The molecule has 356 valence electrons. The molecule has 12 rings (SSSR count). The number of methoxy groups -OCH3 is 2. The van der Waals surface area contributed by atoms with Crippen LogP contribution < -0.4 is 10.6 Å². The molecule has 4 aromatic carbocycles. The van der Waals surface area contributed by atoms with Gasteiger partial charge in [0, 0.05) is 13.1 Å². The summed E-state index contributed by atoms with van der Waals surface area (Å²) in [6, 6.07) is 25.4. The standard InChI is InChI=1S/C54H64N8O6/c1-31(2)49(57-53(65)67-7)51(63)59-27-33(5)21-47(59)61-29-55-43-25-39(17-19-45(43)61)41-23-35-9-13-37(41)15-11-36-10-14-38(16-12-35)42(24-36)40-18-20-46-44(26-40)56-30-62(46)48-22-34(6)28-60(48)52(64)50(32(3)4)58-54(66)68-8/h9-10,13-14,17-20,23-26,29-34,47-50H,11-12,15-16,21-22,27-28H2,1-8H3,(H,57,65)(H,58,66)/t33-,34-,47-,48-,49+,50+/m1/s1. The molecule has 0 spiro atoms. The molecule has 2 N–H and O–H groups in total. The highest BCUT2D eigenvalue weighted by Crippen LogP contribution is 2.39. The van der Waals surface area contributed by atoms with Gasteiger partial charge in [0.15, 0.2) is 0 Å². The Morgan fingerprint density at radius 3 is 1.37 bits per heavy atom. The van der Waals surface area contributed by atoms with Crippen molar-refractivity contribution in [1.29, 1.82) is 0 Å². The average Bonchev–Trinajstić information content (AvgIpc) is 4.14. The molecule has 14 nitrogen and oxygen atoms in total. The zero-order valence-electron chi connectivity index (χ0n) is 40.5. The van der Waals surface area contributed by atoms with E-state index in [4.69, 9.17) is 19.4 Å². The van der Waals surface area contributed by atoms with E-state index in [1.165, 1.54) is 47.6 Å². The topological polar surface area (TPSA) is 153 Å². The van der Waals surface area contributed by atoms with Crippen LogP contribution in [-0.4, -0.2) is 92.3 Å². The first-order chi connectivity index (χ1) is 32.7. The summed E-state index contributed by atoms with van der Waals surface area (Å²) in [4.78, 5) is 66.0. The Bertz CT molecular complexity index is 2690. The molecule has 2 saturated heterocycles. The van der Waals surface area contributed by atoms with Gasteiger partial charge < -0.3 is 39.0 Å². The van der Waals surface area contributed by atoms with Crippen LogP contribution in [-0.2, 0) is 44.7 Å². The maximum atomic E-state index is 14.0.